The number of ether oxygens (including phenoxy) is 1. The second-order valence-electron chi connectivity index (χ2n) is 8.97. The molecule has 2 aromatic heterocycles. The maximum absolute atomic E-state index is 14.9. The van der Waals surface area contributed by atoms with E-state index in [1.807, 2.05) is 12.3 Å². The zero-order valence-corrected chi connectivity index (χ0v) is 17.7. The molecule has 162 valence electrons. The van der Waals surface area contributed by atoms with Gasteiger partial charge in [-0.1, -0.05) is 0 Å². The van der Waals surface area contributed by atoms with Crippen molar-refractivity contribution in [1.29, 1.82) is 0 Å². The van der Waals surface area contributed by atoms with Gasteiger partial charge in [-0.2, -0.15) is 5.10 Å². The molecule has 6 bridgehead atoms. The number of aromatic nitrogens is 3. The molecule has 2 unspecified atom stereocenters. The highest BCUT2D eigenvalue weighted by Crippen LogP contribution is 2.32. The molecule has 0 amide bonds. The van der Waals surface area contributed by atoms with Gasteiger partial charge in [0.25, 0.3) is 0 Å². The number of fused-ring (bicyclic) bond motifs is 7. The van der Waals surface area contributed by atoms with Crippen LogP contribution in [0.3, 0.4) is 0 Å². The van der Waals surface area contributed by atoms with E-state index in [0.29, 0.717) is 28.6 Å². The van der Waals surface area contributed by atoms with Gasteiger partial charge in [-0.3, -0.25) is 9.80 Å². The second kappa shape index (κ2) is 7.46. The fourth-order valence-electron chi connectivity index (χ4n) is 5.22. The number of halogens is 1. The van der Waals surface area contributed by atoms with Gasteiger partial charge in [0.1, 0.15) is 23.5 Å². The van der Waals surface area contributed by atoms with Crippen molar-refractivity contribution in [3.8, 4) is 16.9 Å². The van der Waals surface area contributed by atoms with E-state index < -0.39 is 0 Å². The number of hydrogen-bond acceptors (Lipinski definition) is 6. The number of nitrogens with zero attached hydrogens (tertiary/aromatic N) is 6. The van der Waals surface area contributed by atoms with Crippen molar-refractivity contribution in [3.63, 3.8) is 0 Å². The van der Waals surface area contributed by atoms with E-state index >= 15 is 0 Å². The van der Waals surface area contributed by atoms with Crippen molar-refractivity contribution < 1.29 is 9.13 Å². The number of hydrogen-bond donors (Lipinski definition) is 0. The Bertz CT molecular complexity index is 1120. The molecule has 2 fully saturated rings. The third kappa shape index (κ3) is 3.43. The average Bonchev–Trinajstić information content (AvgIpc) is 3.35. The second-order valence-corrected chi connectivity index (χ2v) is 8.97. The SMILES string of the molecule is CN1CCN2CC(CN3CCC[C@H]3C2)Oc2ccc(F)c(c2)-c2cnn3ccc1nc23. The zero-order valence-electron chi connectivity index (χ0n) is 17.7. The maximum atomic E-state index is 14.9. The molecule has 0 saturated carbocycles. The first-order valence-corrected chi connectivity index (χ1v) is 11.1. The lowest BCUT2D eigenvalue weighted by atomic mass is 10.1. The highest BCUT2D eigenvalue weighted by Gasteiger charge is 2.34. The summed E-state index contributed by atoms with van der Waals surface area (Å²) in [7, 11) is 2.07. The topological polar surface area (TPSA) is 49.1 Å². The number of benzene rings is 1. The van der Waals surface area contributed by atoms with Gasteiger partial charge < -0.3 is 9.64 Å². The monoisotopic (exact) mass is 422 g/mol. The van der Waals surface area contributed by atoms with Gasteiger partial charge in [0.15, 0.2) is 5.65 Å². The average molecular weight is 423 g/mol. The summed E-state index contributed by atoms with van der Waals surface area (Å²) in [6, 6.07) is 7.59. The summed E-state index contributed by atoms with van der Waals surface area (Å²) in [6.45, 7) is 5.82. The lowest BCUT2D eigenvalue weighted by molar-refractivity contribution is 0.132. The summed E-state index contributed by atoms with van der Waals surface area (Å²) in [5, 5.41) is 4.39. The third-order valence-corrected chi connectivity index (χ3v) is 6.90. The van der Waals surface area contributed by atoms with E-state index in [9.17, 15) is 4.39 Å². The molecule has 2 saturated heterocycles. The van der Waals surface area contributed by atoms with Gasteiger partial charge in [-0.25, -0.2) is 13.9 Å². The molecular formula is C23H27FN6O. The van der Waals surface area contributed by atoms with Gasteiger partial charge in [0, 0.05) is 63.1 Å². The van der Waals surface area contributed by atoms with E-state index in [-0.39, 0.29) is 11.9 Å². The summed E-state index contributed by atoms with van der Waals surface area (Å²) >= 11 is 0. The van der Waals surface area contributed by atoms with Crippen molar-refractivity contribution >= 4 is 11.5 Å². The first-order chi connectivity index (χ1) is 15.1. The lowest BCUT2D eigenvalue weighted by Crippen LogP contribution is -2.41. The summed E-state index contributed by atoms with van der Waals surface area (Å²) in [6.07, 6.45) is 6.13. The molecule has 3 aliphatic heterocycles. The van der Waals surface area contributed by atoms with Crippen molar-refractivity contribution in [2.75, 3.05) is 51.2 Å². The van der Waals surface area contributed by atoms with Crippen LogP contribution in [-0.2, 0) is 0 Å². The Labute approximate surface area is 181 Å². The molecule has 3 aromatic rings. The zero-order chi connectivity index (χ0) is 20.9. The quantitative estimate of drug-likeness (QED) is 0.555. The van der Waals surface area contributed by atoms with Crippen LogP contribution in [0.1, 0.15) is 12.8 Å². The smallest absolute Gasteiger partial charge is 0.165 e. The summed E-state index contributed by atoms with van der Waals surface area (Å²) in [4.78, 5) is 12.1. The van der Waals surface area contributed by atoms with Crippen LogP contribution in [0, 0.1) is 5.82 Å². The first kappa shape index (κ1) is 19.0. The van der Waals surface area contributed by atoms with Gasteiger partial charge in [0.05, 0.1) is 6.20 Å². The standard InChI is InChI=1S/C23H27FN6O/c1-27-9-10-28-13-16-3-2-7-29(16)15-18(14-28)31-17-4-5-21(24)19(11-17)20-12-25-30-8-6-22(27)26-23(20)30/h4-6,8,11-12,16,18H,2-3,7,9-10,13-15H2,1H3/t16-,18?/m0/s1. The molecule has 1 aromatic carbocycles. The summed E-state index contributed by atoms with van der Waals surface area (Å²) in [5.74, 6) is 1.27. The van der Waals surface area contributed by atoms with Gasteiger partial charge in [0.2, 0.25) is 0 Å². The minimum Gasteiger partial charge on any atom is -0.488 e. The van der Waals surface area contributed by atoms with Crippen LogP contribution in [0.2, 0.25) is 0 Å². The minimum atomic E-state index is -0.294. The lowest BCUT2D eigenvalue weighted by Gasteiger charge is -2.28. The predicted octanol–water partition coefficient (Wildman–Crippen LogP) is 2.51. The molecule has 3 atom stereocenters. The van der Waals surface area contributed by atoms with Crippen molar-refractivity contribution in [2.45, 2.75) is 25.0 Å². The Hall–Kier alpha value is -2.71. The number of rotatable bonds is 0. The molecule has 3 aliphatic rings. The highest BCUT2D eigenvalue weighted by atomic mass is 19.1. The summed E-state index contributed by atoms with van der Waals surface area (Å²) < 4.78 is 23.0. The molecule has 0 aliphatic carbocycles. The van der Waals surface area contributed by atoms with Crippen LogP contribution >= 0.6 is 0 Å². The minimum absolute atomic E-state index is 0.0535. The molecule has 0 N–H and O–H groups in total. The third-order valence-electron chi connectivity index (χ3n) is 6.90. The van der Waals surface area contributed by atoms with Gasteiger partial charge >= 0.3 is 0 Å². The van der Waals surface area contributed by atoms with Crippen LogP contribution in [0.25, 0.3) is 16.8 Å². The van der Waals surface area contributed by atoms with Crippen LogP contribution in [0.5, 0.6) is 5.75 Å². The normalized spacial score (nSPS) is 26.4. The molecule has 0 spiro atoms. The van der Waals surface area contributed by atoms with E-state index in [1.165, 1.54) is 18.9 Å². The van der Waals surface area contributed by atoms with Crippen LogP contribution in [-0.4, -0.2) is 82.9 Å². The first-order valence-electron chi connectivity index (χ1n) is 11.1. The Morgan fingerprint density at radius 3 is 2.94 bits per heavy atom. The largest absolute Gasteiger partial charge is 0.488 e. The van der Waals surface area contributed by atoms with Gasteiger partial charge in [-0.15, -0.1) is 0 Å². The van der Waals surface area contributed by atoms with E-state index in [1.54, 1.807) is 22.8 Å². The highest BCUT2D eigenvalue weighted by molar-refractivity contribution is 5.79. The van der Waals surface area contributed by atoms with Crippen LogP contribution in [0.15, 0.2) is 36.7 Å². The fraction of sp³-hybridized carbons (Fsp3) is 0.478. The molecule has 31 heavy (non-hydrogen) atoms. The summed E-state index contributed by atoms with van der Waals surface area (Å²) in [5.41, 5.74) is 1.80. The van der Waals surface area contributed by atoms with Crippen LogP contribution < -0.4 is 9.64 Å². The molecular weight excluding hydrogens is 395 g/mol. The number of anilines is 1. The van der Waals surface area contributed by atoms with Crippen molar-refractivity contribution in [3.05, 3.63) is 42.5 Å². The molecule has 8 heteroatoms. The Morgan fingerprint density at radius 2 is 2.00 bits per heavy atom. The Morgan fingerprint density at radius 1 is 1.06 bits per heavy atom. The molecule has 7 nitrogen and oxygen atoms in total. The fourth-order valence-corrected chi connectivity index (χ4v) is 5.22. The molecule has 0 radical (unpaired) electrons. The van der Waals surface area contributed by atoms with E-state index in [4.69, 9.17) is 9.72 Å². The van der Waals surface area contributed by atoms with E-state index in [0.717, 1.165) is 45.1 Å². The number of likely N-dealkylation sites (N-methyl/N-ethyl adjacent to an activating group) is 1. The van der Waals surface area contributed by atoms with Crippen molar-refractivity contribution in [2.24, 2.45) is 0 Å². The van der Waals surface area contributed by atoms with Gasteiger partial charge in [-0.05, 0) is 43.7 Å². The predicted molar refractivity (Wildman–Crippen MR) is 117 cm³/mol. The Kier molecular flexibility index (Phi) is 4.57. The molecule has 5 heterocycles. The Balaban J connectivity index is 1.46. The molecule has 6 rings (SSSR count). The van der Waals surface area contributed by atoms with Crippen LogP contribution in [0.4, 0.5) is 10.2 Å². The van der Waals surface area contributed by atoms with Crippen molar-refractivity contribution in [1.82, 2.24) is 24.4 Å². The van der Waals surface area contributed by atoms with E-state index in [2.05, 4.69) is 26.8 Å². The maximum Gasteiger partial charge on any atom is 0.165 e.